The Labute approximate surface area is 114 Å². The van der Waals surface area contributed by atoms with Gasteiger partial charge in [-0.2, -0.15) is 0 Å². The Morgan fingerprint density at radius 1 is 1.20 bits per heavy atom. The standard InChI is InChI=1S/C15H12FN3O/c16-11-5-10(6-12(17)7-11)9-19-14-4-2-1-3-13(14)18-8-15(19)20/h1-8H,9,17H2. The van der Waals surface area contributed by atoms with Gasteiger partial charge >= 0.3 is 0 Å². The summed E-state index contributed by atoms with van der Waals surface area (Å²) in [6.07, 6.45) is 1.27. The summed E-state index contributed by atoms with van der Waals surface area (Å²) in [5, 5.41) is 0. The van der Waals surface area contributed by atoms with Crippen molar-refractivity contribution < 1.29 is 4.39 Å². The second-order valence-electron chi connectivity index (χ2n) is 4.56. The first kappa shape index (κ1) is 12.3. The molecular weight excluding hydrogens is 257 g/mol. The number of hydrogen-bond donors (Lipinski definition) is 1. The van der Waals surface area contributed by atoms with Gasteiger partial charge in [-0.15, -0.1) is 0 Å². The second kappa shape index (κ2) is 4.77. The number of halogens is 1. The van der Waals surface area contributed by atoms with Crippen molar-refractivity contribution >= 4 is 16.7 Å². The highest BCUT2D eigenvalue weighted by Crippen LogP contribution is 2.14. The molecule has 20 heavy (non-hydrogen) atoms. The van der Waals surface area contributed by atoms with Gasteiger partial charge in [0.15, 0.2) is 0 Å². The number of nitrogen functional groups attached to an aromatic ring is 1. The highest BCUT2D eigenvalue weighted by Gasteiger charge is 2.06. The number of nitrogens with zero attached hydrogens (tertiary/aromatic N) is 2. The molecule has 3 aromatic rings. The van der Waals surface area contributed by atoms with Crippen LogP contribution in [0.25, 0.3) is 11.0 Å². The van der Waals surface area contributed by atoms with E-state index in [0.29, 0.717) is 16.8 Å². The molecule has 4 nitrogen and oxygen atoms in total. The molecule has 0 unspecified atom stereocenters. The van der Waals surface area contributed by atoms with Gasteiger partial charge in [-0.1, -0.05) is 12.1 Å². The summed E-state index contributed by atoms with van der Waals surface area (Å²) >= 11 is 0. The lowest BCUT2D eigenvalue weighted by molar-refractivity contribution is 0.624. The van der Waals surface area contributed by atoms with Gasteiger partial charge in [0.25, 0.3) is 5.56 Å². The molecule has 0 aliphatic rings. The first-order valence-electron chi connectivity index (χ1n) is 6.13. The topological polar surface area (TPSA) is 60.9 Å². The van der Waals surface area contributed by atoms with Gasteiger partial charge in [0.05, 0.1) is 23.8 Å². The lowest BCUT2D eigenvalue weighted by Crippen LogP contribution is -2.21. The predicted octanol–water partition coefficient (Wildman–Crippen LogP) is 2.17. The Morgan fingerprint density at radius 2 is 2.00 bits per heavy atom. The number of anilines is 1. The Balaban J connectivity index is 2.15. The molecule has 0 spiro atoms. The van der Waals surface area contributed by atoms with Crippen LogP contribution in [0, 0.1) is 5.82 Å². The molecule has 1 heterocycles. The molecular formula is C15H12FN3O. The van der Waals surface area contributed by atoms with E-state index in [-0.39, 0.29) is 12.1 Å². The van der Waals surface area contributed by atoms with E-state index >= 15 is 0 Å². The molecule has 0 radical (unpaired) electrons. The molecule has 0 aliphatic carbocycles. The average Bonchev–Trinajstić information content (AvgIpc) is 2.41. The largest absolute Gasteiger partial charge is 0.399 e. The fourth-order valence-electron chi connectivity index (χ4n) is 2.23. The maximum Gasteiger partial charge on any atom is 0.269 e. The zero-order valence-electron chi connectivity index (χ0n) is 10.6. The quantitative estimate of drug-likeness (QED) is 0.725. The van der Waals surface area contributed by atoms with Crippen LogP contribution in [0.4, 0.5) is 10.1 Å². The van der Waals surface area contributed by atoms with Gasteiger partial charge < -0.3 is 10.3 Å². The summed E-state index contributed by atoms with van der Waals surface area (Å²) in [7, 11) is 0. The van der Waals surface area contributed by atoms with Crippen molar-refractivity contribution in [3.63, 3.8) is 0 Å². The van der Waals surface area contributed by atoms with Crippen LogP contribution in [0.3, 0.4) is 0 Å². The number of aromatic nitrogens is 2. The number of benzene rings is 2. The Morgan fingerprint density at radius 3 is 2.80 bits per heavy atom. The van der Waals surface area contributed by atoms with E-state index in [1.165, 1.54) is 18.3 Å². The van der Waals surface area contributed by atoms with Crippen LogP contribution in [0.1, 0.15) is 5.56 Å². The second-order valence-corrected chi connectivity index (χ2v) is 4.56. The minimum absolute atomic E-state index is 0.230. The first-order valence-corrected chi connectivity index (χ1v) is 6.13. The van der Waals surface area contributed by atoms with Crippen molar-refractivity contribution in [1.29, 1.82) is 0 Å². The van der Waals surface area contributed by atoms with Crippen LogP contribution in [0.5, 0.6) is 0 Å². The molecule has 0 atom stereocenters. The monoisotopic (exact) mass is 269 g/mol. The van der Waals surface area contributed by atoms with E-state index in [0.717, 1.165) is 5.52 Å². The molecule has 0 saturated heterocycles. The van der Waals surface area contributed by atoms with E-state index in [2.05, 4.69) is 4.98 Å². The van der Waals surface area contributed by atoms with Crippen LogP contribution in [-0.4, -0.2) is 9.55 Å². The third-order valence-electron chi connectivity index (χ3n) is 3.07. The molecule has 2 N–H and O–H groups in total. The third kappa shape index (κ3) is 2.25. The molecule has 0 amide bonds. The molecule has 3 rings (SSSR count). The van der Waals surface area contributed by atoms with E-state index in [4.69, 9.17) is 5.73 Å². The maximum absolute atomic E-state index is 13.4. The van der Waals surface area contributed by atoms with Gasteiger partial charge in [-0.05, 0) is 35.9 Å². The lowest BCUT2D eigenvalue weighted by atomic mass is 10.2. The SMILES string of the molecule is Nc1cc(F)cc(Cn2c(=O)cnc3ccccc32)c1. The molecule has 2 aromatic carbocycles. The van der Waals surface area contributed by atoms with Gasteiger partial charge in [-0.25, -0.2) is 9.37 Å². The van der Waals surface area contributed by atoms with Gasteiger partial charge in [0, 0.05) is 5.69 Å². The van der Waals surface area contributed by atoms with Gasteiger partial charge in [0.2, 0.25) is 0 Å². The first-order chi connectivity index (χ1) is 9.63. The normalized spacial score (nSPS) is 10.8. The van der Waals surface area contributed by atoms with E-state index in [1.54, 1.807) is 10.6 Å². The smallest absolute Gasteiger partial charge is 0.269 e. The number of rotatable bonds is 2. The Bertz CT molecular complexity index is 822. The van der Waals surface area contributed by atoms with Crippen molar-refractivity contribution in [2.24, 2.45) is 0 Å². The molecule has 0 bridgehead atoms. The van der Waals surface area contributed by atoms with E-state index in [1.807, 2.05) is 24.3 Å². The summed E-state index contributed by atoms with van der Waals surface area (Å²) in [5.41, 5.74) is 7.80. The van der Waals surface area contributed by atoms with Crippen molar-refractivity contribution in [2.45, 2.75) is 6.54 Å². The van der Waals surface area contributed by atoms with Crippen molar-refractivity contribution in [3.05, 3.63) is 70.4 Å². The Hall–Kier alpha value is -2.69. The molecule has 0 aliphatic heterocycles. The fraction of sp³-hybridized carbons (Fsp3) is 0.0667. The minimum atomic E-state index is -0.411. The van der Waals surface area contributed by atoms with Crippen LogP contribution in [0.15, 0.2) is 53.5 Å². The van der Waals surface area contributed by atoms with Crippen LogP contribution >= 0.6 is 0 Å². The van der Waals surface area contributed by atoms with Crippen molar-refractivity contribution in [2.75, 3.05) is 5.73 Å². The predicted molar refractivity (Wildman–Crippen MR) is 75.9 cm³/mol. The zero-order valence-corrected chi connectivity index (χ0v) is 10.6. The number of nitrogens with two attached hydrogens (primary N) is 1. The minimum Gasteiger partial charge on any atom is -0.399 e. The highest BCUT2D eigenvalue weighted by molar-refractivity contribution is 5.74. The summed E-state index contributed by atoms with van der Waals surface area (Å²) in [6.45, 7) is 0.254. The Kier molecular flexibility index (Phi) is 2.95. The van der Waals surface area contributed by atoms with Crippen molar-refractivity contribution in [3.8, 4) is 0 Å². The fourth-order valence-corrected chi connectivity index (χ4v) is 2.23. The number of hydrogen-bond acceptors (Lipinski definition) is 3. The summed E-state index contributed by atoms with van der Waals surface area (Å²) in [5.74, 6) is -0.411. The highest BCUT2D eigenvalue weighted by atomic mass is 19.1. The summed E-state index contributed by atoms with van der Waals surface area (Å²) in [6, 6.07) is 11.6. The molecule has 0 fully saturated rings. The maximum atomic E-state index is 13.4. The van der Waals surface area contributed by atoms with Gasteiger partial charge in [0.1, 0.15) is 5.82 Å². The van der Waals surface area contributed by atoms with E-state index in [9.17, 15) is 9.18 Å². The molecule has 5 heteroatoms. The van der Waals surface area contributed by atoms with Crippen LogP contribution < -0.4 is 11.3 Å². The molecule has 1 aromatic heterocycles. The summed E-state index contributed by atoms with van der Waals surface area (Å²) < 4.78 is 14.9. The zero-order chi connectivity index (χ0) is 14.1. The third-order valence-corrected chi connectivity index (χ3v) is 3.07. The molecule has 0 saturated carbocycles. The van der Waals surface area contributed by atoms with Crippen LogP contribution in [-0.2, 0) is 6.54 Å². The number of para-hydroxylation sites is 2. The lowest BCUT2D eigenvalue weighted by Gasteiger charge is -2.10. The van der Waals surface area contributed by atoms with Crippen molar-refractivity contribution in [1.82, 2.24) is 9.55 Å². The average molecular weight is 269 g/mol. The van der Waals surface area contributed by atoms with Crippen LogP contribution in [0.2, 0.25) is 0 Å². The number of fused-ring (bicyclic) bond motifs is 1. The van der Waals surface area contributed by atoms with Gasteiger partial charge in [-0.3, -0.25) is 4.79 Å². The summed E-state index contributed by atoms with van der Waals surface area (Å²) in [4.78, 5) is 16.1. The molecule has 100 valence electrons. The van der Waals surface area contributed by atoms with E-state index < -0.39 is 5.82 Å².